The highest BCUT2D eigenvalue weighted by Gasteiger charge is 2.18. The molecule has 0 spiro atoms. The van der Waals surface area contributed by atoms with Crippen LogP contribution in [0.25, 0.3) is 0 Å². The Morgan fingerprint density at radius 3 is 1.57 bits per heavy atom. The number of benzene rings is 2. The van der Waals surface area contributed by atoms with Crippen LogP contribution >= 0.6 is 0 Å². The summed E-state index contributed by atoms with van der Waals surface area (Å²) in [6, 6.07) is 10.1. The third kappa shape index (κ3) is 3.35. The number of carbonyl (C=O) groups excluding carboxylic acids is 1. The molecule has 0 bridgehead atoms. The van der Waals surface area contributed by atoms with E-state index in [1.54, 1.807) is 0 Å². The zero-order valence-electron chi connectivity index (χ0n) is 11.6. The number of hydrogen-bond donors (Lipinski definition) is 1. The van der Waals surface area contributed by atoms with Gasteiger partial charge in [0.2, 0.25) is 5.78 Å². The zero-order valence-corrected chi connectivity index (χ0v) is 11.6. The van der Waals surface area contributed by atoms with Gasteiger partial charge in [-0.3, -0.25) is 25.0 Å². The van der Waals surface area contributed by atoms with Gasteiger partial charge in [-0.05, 0) is 24.3 Å². The Hall–Kier alpha value is -3.62. The topological polar surface area (TPSA) is 142 Å². The molecule has 0 atom stereocenters. The van der Waals surface area contributed by atoms with Gasteiger partial charge in [0, 0.05) is 35.4 Å². The molecule has 9 nitrogen and oxygen atoms in total. The van der Waals surface area contributed by atoms with Gasteiger partial charge >= 0.3 is 0 Å². The monoisotopic (exact) mass is 314 g/mol. The number of ketones is 1. The minimum absolute atomic E-state index is 0.103. The maximum Gasteiger partial charge on any atom is 0.269 e. The molecule has 23 heavy (non-hydrogen) atoms. The minimum atomic E-state index is -0.581. The van der Waals surface area contributed by atoms with E-state index in [1.165, 1.54) is 48.5 Å². The average Bonchev–Trinajstić information content (AvgIpc) is 2.56. The maximum atomic E-state index is 12.4. The number of nitrogens with two attached hydrogens (primary N) is 1. The summed E-state index contributed by atoms with van der Waals surface area (Å²) >= 11 is 0. The normalized spacial score (nSPS) is 11.0. The number of hydrogen-bond acceptors (Lipinski definition) is 7. The van der Waals surface area contributed by atoms with Crippen molar-refractivity contribution in [2.45, 2.75) is 0 Å². The summed E-state index contributed by atoms with van der Waals surface area (Å²) in [5.41, 5.74) is 0.0874. The zero-order chi connectivity index (χ0) is 17.0. The summed E-state index contributed by atoms with van der Waals surface area (Å²) in [4.78, 5) is 32.4. The molecule has 0 fully saturated rings. The van der Waals surface area contributed by atoms with E-state index >= 15 is 0 Å². The van der Waals surface area contributed by atoms with Crippen molar-refractivity contribution in [3.63, 3.8) is 0 Å². The lowest BCUT2D eigenvalue weighted by Crippen LogP contribution is -2.17. The number of hydrazone groups is 1. The van der Waals surface area contributed by atoms with Crippen molar-refractivity contribution in [3.8, 4) is 0 Å². The summed E-state index contributed by atoms with van der Waals surface area (Å²) in [6.45, 7) is 0. The van der Waals surface area contributed by atoms with Crippen molar-refractivity contribution in [2.24, 2.45) is 10.9 Å². The molecular weight excluding hydrogens is 304 g/mol. The number of carbonyl (C=O) groups is 1. The SMILES string of the molecule is N/N=C(\C(=O)c1ccc([N+](=O)[O-])cc1)c1ccc([N+](=O)[O-])cc1. The number of rotatable bonds is 5. The van der Waals surface area contributed by atoms with E-state index in [0.29, 0.717) is 5.56 Å². The lowest BCUT2D eigenvalue weighted by molar-refractivity contribution is -0.385. The van der Waals surface area contributed by atoms with Crippen molar-refractivity contribution < 1.29 is 14.6 Å². The number of non-ortho nitro benzene ring substituents is 2. The Labute approximate surface area is 129 Å². The van der Waals surface area contributed by atoms with Gasteiger partial charge in [-0.1, -0.05) is 0 Å². The van der Waals surface area contributed by atoms with E-state index in [-0.39, 0.29) is 22.6 Å². The molecule has 0 saturated carbocycles. The molecule has 0 aliphatic rings. The summed E-state index contributed by atoms with van der Waals surface area (Å²) in [7, 11) is 0. The van der Waals surface area contributed by atoms with E-state index < -0.39 is 15.6 Å². The van der Waals surface area contributed by atoms with Gasteiger partial charge in [-0.25, -0.2) is 0 Å². The van der Waals surface area contributed by atoms with E-state index in [0.717, 1.165) is 0 Å². The van der Waals surface area contributed by atoms with E-state index in [2.05, 4.69) is 5.10 Å². The minimum Gasteiger partial charge on any atom is -0.323 e. The second-order valence-electron chi connectivity index (χ2n) is 4.41. The van der Waals surface area contributed by atoms with Gasteiger partial charge in [-0.15, -0.1) is 0 Å². The highest BCUT2D eigenvalue weighted by atomic mass is 16.6. The standard InChI is InChI=1S/C14H10N4O5/c15-16-13(9-1-5-11(6-2-9)17(20)21)14(19)10-3-7-12(8-4-10)18(22)23/h1-8H,15H2/b16-13-. The summed E-state index contributed by atoms with van der Waals surface area (Å²) in [5, 5.41) is 24.7. The van der Waals surface area contributed by atoms with Gasteiger partial charge in [0.1, 0.15) is 5.71 Å². The van der Waals surface area contributed by atoms with E-state index in [9.17, 15) is 25.0 Å². The van der Waals surface area contributed by atoms with Crippen LogP contribution in [0.3, 0.4) is 0 Å². The Kier molecular flexibility index (Phi) is 4.41. The Balaban J connectivity index is 2.31. The third-order valence-corrected chi connectivity index (χ3v) is 3.04. The Morgan fingerprint density at radius 1 is 0.826 bits per heavy atom. The third-order valence-electron chi connectivity index (χ3n) is 3.04. The van der Waals surface area contributed by atoms with Crippen molar-refractivity contribution in [1.82, 2.24) is 0 Å². The van der Waals surface area contributed by atoms with Crippen LogP contribution in [0.5, 0.6) is 0 Å². The van der Waals surface area contributed by atoms with Gasteiger partial charge in [0.15, 0.2) is 0 Å². The fourth-order valence-electron chi connectivity index (χ4n) is 1.88. The molecule has 0 amide bonds. The second kappa shape index (κ2) is 6.43. The van der Waals surface area contributed by atoms with Crippen molar-refractivity contribution in [3.05, 3.63) is 79.9 Å². The fourth-order valence-corrected chi connectivity index (χ4v) is 1.88. The fraction of sp³-hybridized carbons (Fsp3) is 0. The smallest absolute Gasteiger partial charge is 0.269 e. The first kappa shape index (κ1) is 15.8. The molecule has 9 heteroatoms. The summed E-state index contributed by atoms with van der Waals surface area (Å²) < 4.78 is 0. The van der Waals surface area contributed by atoms with Gasteiger partial charge < -0.3 is 5.84 Å². The van der Waals surface area contributed by atoms with E-state index in [4.69, 9.17) is 5.84 Å². The van der Waals surface area contributed by atoms with Gasteiger partial charge in [0.05, 0.1) is 9.85 Å². The lowest BCUT2D eigenvalue weighted by Gasteiger charge is -2.04. The molecule has 0 aliphatic heterocycles. The lowest BCUT2D eigenvalue weighted by atomic mass is 10.0. The van der Waals surface area contributed by atoms with Gasteiger partial charge in [-0.2, -0.15) is 5.10 Å². The molecule has 0 radical (unpaired) electrons. The average molecular weight is 314 g/mol. The maximum absolute atomic E-state index is 12.4. The molecule has 0 saturated heterocycles. The van der Waals surface area contributed by atoms with Crippen molar-refractivity contribution in [2.75, 3.05) is 0 Å². The number of nitro benzene ring substituents is 2. The number of Topliss-reactive ketones (excluding diaryl/α,β-unsaturated/α-hetero) is 1. The van der Waals surface area contributed by atoms with Gasteiger partial charge in [0.25, 0.3) is 11.4 Å². The Morgan fingerprint density at radius 2 is 1.22 bits per heavy atom. The molecule has 116 valence electrons. The van der Waals surface area contributed by atoms with Crippen LogP contribution < -0.4 is 5.84 Å². The van der Waals surface area contributed by atoms with Crippen LogP contribution in [0.15, 0.2) is 53.6 Å². The molecule has 0 aliphatic carbocycles. The van der Waals surface area contributed by atoms with Crippen LogP contribution in [0.1, 0.15) is 15.9 Å². The van der Waals surface area contributed by atoms with Crippen LogP contribution in [0, 0.1) is 20.2 Å². The van der Waals surface area contributed by atoms with Crippen LogP contribution in [-0.2, 0) is 0 Å². The highest BCUT2D eigenvalue weighted by Crippen LogP contribution is 2.16. The summed E-state index contributed by atoms with van der Waals surface area (Å²) in [6.07, 6.45) is 0. The second-order valence-corrected chi connectivity index (χ2v) is 4.41. The quantitative estimate of drug-likeness (QED) is 0.294. The number of nitrogens with zero attached hydrogens (tertiary/aromatic N) is 3. The Bertz CT molecular complexity index is 797. The molecule has 2 aromatic rings. The molecule has 2 rings (SSSR count). The van der Waals surface area contributed by atoms with Crippen LogP contribution in [-0.4, -0.2) is 21.3 Å². The molecule has 2 N–H and O–H groups in total. The number of nitro groups is 2. The first-order valence-electron chi connectivity index (χ1n) is 6.26. The van der Waals surface area contributed by atoms with Crippen molar-refractivity contribution in [1.29, 1.82) is 0 Å². The summed E-state index contributed by atoms with van der Waals surface area (Å²) in [5.74, 6) is 4.70. The van der Waals surface area contributed by atoms with Crippen LogP contribution in [0.2, 0.25) is 0 Å². The predicted molar refractivity (Wildman–Crippen MR) is 81.2 cm³/mol. The molecule has 2 aromatic carbocycles. The molecule has 0 heterocycles. The largest absolute Gasteiger partial charge is 0.323 e. The first-order chi connectivity index (χ1) is 10.9. The first-order valence-corrected chi connectivity index (χ1v) is 6.26. The highest BCUT2D eigenvalue weighted by molar-refractivity contribution is 6.51. The molecule has 0 unspecified atom stereocenters. The van der Waals surface area contributed by atoms with Crippen molar-refractivity contribution >= 4 is 22.9 Å². The predicted octanol–water partition coefficient (Wildman–Crippen LogP) is 2.05. The molecule has 0 aromatic heterocycles. The molecular formula is C14H10N4O5. The van der Waals surface area contributed by atoms with E-state index in [1.807, 2.05) is 0 Å². The van der Waals surface area contributed by atoms with Crippen LogP contribution in [0.4, 0.5) is 11.4 Å².